The molecule has 0 N–H and O–H groups in total. The molecular formula is C24H54N2O4. The molecule has 0 amide bonds. The van der Waals surface area contributed by atoms with Gasteiger partial charge in [-0.1, -0.05) is 41.0 Å². The second-order valence-electron chi connectivity index (χ2n) is 7.43. The highest BCUT2D eigenvalue weighted by molar-refractivity contribution is 4.70. The Balaban J connectivity index is 0. The Morgan fingerprint density at radius 1 is 0.833 bits per heavy atom. The molecule has 0 radical (unpaired) electrons. The third kappa shape index (κ3) is 21.0. The van der Waals surface area contributed by atoms with E-state index in [9.17, 15) is 0 Å². The van der Waals surface area contributed by atoms with Gasteiger partial charge in [-0.15, -0.1) is 0 Å². The molecule has 2 saturated heterocycles. The summed E-state index contributed by atoms with van der Waals surface area (Å²) in [6.45, 7) is 24.4. The van der Waals surface area contributed by atoms with Crippen LogP contribution in [0.4, 0.5) is 0 Å². The minimum Gasteiger partial charge on any atom is -0.385 e. The van der Waals surface area contributed by atoms with Crippen molar-refractivity contribution in [3.8, 4) is 0 Å². The van der Waals surface area contributed by atoms with Crippen molar-refractivity contribution in [2.75, 3.05) is 86.1 Å². The number of ether oxygens (including phenoxy) is 4. The molecule has 2 rings (SSSR count). The van der Waals surface area contributed by atoms with Crippen molar-refractivity contribution in [2.24, 2.45) is 0 Å². The van der Waals surface area contributed by atoms with E-state index < -0.39 is 0 Å². The van der Waals surface area contributed by atoms with Crippen LogP contribution in [0.5, 0.6) is 0 Å². The summed E-state index contributed by atoms with van der Waals surface area (Å²) >= 11 is 0. The maximum atomic E-state index is 5.45. The Morgan fingerprint density at radius 2 is 1.43 bits per heavy atom. The van der Waals surface area contributed by atoms with Crippen molar-refractivity contribution in [1.29, 1.82) is 0 Å². The minimum absolute atomic E-state index is 0.579. The molecule has 0 spiro atoms. The Labute approximate surface area is 188 Å². The molecule has 2 fully saturated rings. The normalized spacial score (nSPS) is 19.5. The van der Waals surface area contributed by atoms with E-state index in [1.54, 1.807) is 7.11 Å². The van der Waals surface area contributed by atoms with Crippen LogP contribution in [-0.4, -0.2) is 102 Å². The van der Waals surface area contributed by atoms with E-state index in [0.717, 1.165) is 98.2 Å². The molecule has 0 aromatic rings. The molecule has 1 atom stereocenters. The molecule has 1 unspecified atom stereocenters. The Hall–Kier alpha value is -0.240. The quantitative estimate of drug-likeness (QED) is 0.477. The predicted molar refractivity (Wildman–Crippen MR) is 129 cm³/mol. The second kappa shape index (κ2) is 26.8. The molecule has 30 heavy (non-hydrogen) atoms. The predicted octanol–water partition coefficient (Wildman–Crippen LogP) is 4.32. The molecule has 2 heterocycles. The number of nitrogens with zero attached hydrogens (tertiary/aromatic N) is 2. The highest BCUT2D eigenvalue weighted by Gasteiger charge is 2.17. The van der Waals surface area contributed by atoms with Crippen molar-refractivity contribution >= 4 is 0 Å². The molecular weight excluding hydrogens is 380 g/mol. The molecule has 0 aromatic heterocycles. The van der Waals surface area contributed by atoms with Gasteiger partial charge in [-0.25, -0.2) is 0 Å². The lowest BCUT2D eigenvalue weighted by atomic mass is 10.2. The van der Waals surface area contributed by atoms with Gasteiger partial charge in [-0.3, -0.25) is 9.80 Å². The fourth-order valence-corrected chi connectivity index (χ4v) is 2.97. The summed E-state index contributed by atoms with van der Waals surface area (Å²) in [5.74, 6) is 0. The van der Waals surface area contributed by atoms with E-state index in [0.29, 0.717) is 6.04 Å². The summed E-state index contributed by atoms with van der Waals surface area (Å²) in [5, 5.41) is 0. The van der Waals surface area contributed by atoms with Crippen LogP contribution < -0.4 is 0 Å². The SMILES string of the molecule is CC.CCC.CCCOCCCN1CCOCC1C.COCCCN1CCOCC1. The van der Waals surface area contributed by atoms with E-state index >= 15 is 0 Å². The van der Waals surface area contributed by atoms with Gasteiger partial charge in [-0.2, -0.15) is 0 Å². The first kappa shape index (κ1) is 31.9. The third-order valence-corrected chi connectivity index (χ3v) is 4.51. The summed E-state index contributed by atoms with van der Waals surface area (Å²) in [6.07, 6.45) is 4.65. The molecule has 0 saturated carbocycles. The average molecular weight is 435 g/mol. The van der Waals surface area contributed by atoms with Crippen molar-refractivity contribution in [3.63, 3.8) is 0 Å². The van der Waals surface area contributed by atoms with E-state index in [1.807, 2.05) is 13.8 Å². The molecule has 0 bridgehead atoms. The highest BCUT2D eigenvalue weighted by Crippen LogP contribution is 2.06. The number of morpholine rings is 2. The summed E-state index contributed by atoms with van der Waals surface area (Å²) in [4.78, 5) is 4.90. The van der Waals surface area contributed by atoms with Crippen LogP contribution in [0.15, 0.2) is 0 Å². The Morgan fingerprint density at radius 3 is 2.00 bits per heavy atom. The van der Waals surface area contributed by atoms with Crippen molar-refractivity contribution in [2.45, 2.75) is 73.3 Å². The average Bonchev–Trinajstić information content (AvgIpc) is 2.78. The summed E-state index contributed by atoms with van der Waals surface area (Å²) in [7, 11) is 1.75. The smallest absolute Gasteiger partial charge is 0.0619 e. The standard InChI is InChI=1S/C11H23NO2.C8H17NO2.C3H8.C2H6/c1-3-7-13-8-4-5-12-6-9-14-10-11(12)2;1-10-6-2-3-9-4-7-11-8-5-9;1-3-2;1-2/h11H,3-10H2,1-2H3;2-8H2,1H3;3H2,1-2H3;1-2H3. The van der Waals surface area contributed by atoms with Crippen LogP contribution in [0.1, 0.15) is 67.2 Å². The number of methoxy groups -OCH3 is 1. The summed E-state index contributed by atoms with van der Waals surface area (Å²) in [5.41, 5.74) is 0. The van der Waals surface area contributed by atoms with E-state index in [-0.39, 0.29) is 0 Å². The lowest BCUT2D eigenvalue weighted by Gasteiger charge is -2.33. The zero-order chi connectivity index (χ0) is 22.9. The van der Waals surface area contributed by atoms with Crippen LogP contribution in [-0.2, 0) is 18.9 Å². The lowest BCUT2D eigenvalue weighted by molar-refractivity contribution is -0.00445. The first-order valence-electron chi connectivity index (χ1n) is 12.4. The van der Waals surface area contributed by atoms with Crippen LogP contribution in [0.25, 0.3) is 0 Å². The summed E-state index contributed by atoms with van der Waals surface area (Å²) in [6, 6.07) is 0.579. The fraction of sp³-hybridized carbons (Fsp3) is 1.00. The molecule has 6 nitrogen and oxygen atoms in total. The maximum Gasteiger partial charge on any atom is 0.0619 e. The van der Waals surface area contributed by atoms with Crippen LogP contribution in [0.3, 0.4) is 0 Å². The third-order valence-electron chi connectivity index (χ3n) is 4.51. The van der Waals surface area contributed by atoms with Gasteiger partial charge in [0.25, 0.3) is 0 Å². The zero-order valence-corrected chi connectivity index (χ0v) is 21.4. The van der Waals surface area contributed by atoms with E-state index in [4.69, 9.17) is 18.9 Å². The first-order valence-corrected chi connectivity index (χ1v) is 12.4. The molecule has 2 aliphatic rings. The molecule has 0 aromatic carbocycles. The minimum atomic E-state index is 0.579. The zero-order valence-electron chi connectivity index (χ0n) is 21.4. The highest BCUT2D eigenvalue weighted by atomic mass is 16.5. The van der Waals surface area contributed by atoms with Gasteiger partial charge >= 0.3 is 0 Å². The van der Waals surface area contributed by atoms with Gasteiger partial charge in [0, 0.05) is 65.7 Å². The van der Waals surface area contributed by atoms with Gasteiger partial charge in [-0.05, 0) is 26.2 Å². The molecule has 0 aliphatic carbocycles. The first-order chi connectivity index (χ1) is 14.7. The summed E-state index contributed by atoms with van der Waals surface area (Å²) < 4.78 is 21.0. The van der Waals surface area contributed by atoms with Crippen molar-refractivity contribution < 1.29 is 18.9 Å². The molecule has 184 valence electrons. The Kier molecular flexibility index (Phi) is 28.5. The number of hydrogen-bond acceptors (Lipinski definition) is 6. The van der Waals surface area contributed by atoms with Crippen LogP contribution in [0.2, 0.25) is 0 Å². The monoisotopic (exact) mass is 434 g/mol. The number of rotatable bonds is 10. The van der Waals surface area contributed by atoms with Crippen LogP contribution >= 0.6 is 0 Å². The lowest BCUT2D eigenvalue weighted by Crippen LogP contribution is -2.44. The van der Waals surface area contributed by atoms with Gasteiger partial charge < -0.3 is 18.9 Å². The van der Waals surface area contributed by atoms with Gasteiger partial charge in [0.15, 0.2) is 0 Å². The van der Waals surface area contributed by atoms with Gasteiger partial charge in [0.05, 0.1) is 26.4 Å². The van der Waals surface area contributed by atoms with Gasteiger partial charge in [0.2, 0.25) is 0 Å². The largest absolute Gasteiger partial charge is 0.385 e. The number of hydrogen-bond donors (Lipinski definition) is 0. The second-order valence-corrected chi connectivity index (χ2v) is 7.43. The van der Waals surface area contributed by atoms with E-state index in [2.05, 4.69) is 37.5 Å². The fourth-order valence-electron chi connectivity index (χ4n) is 2.97. The van der Waals surface area contributed by atoms with Crippen LogP contribution in [0, 0.1) is 0 Å². The maximum absolute atomic E-state index is 5.45. The van der Waals surface area contributed by atoms with E-state index in [1.165, 1.54) is 6.42 Å². The molecule has 6 heteroatoms. The van der Waals surface area contributed by atoms with Crippen molar-refractivity contribution in [1.82, 2.24) is 9.80 Å². The van der Waals surface area contributed by atoms with Crippen molar-refractivity contribution in [3.05, 3.63) is 0 Å². The van der Waals surface area contributed by atoms with Gasteiger partial charge in [0.1, 0.15) is 0 Å². The topological polar surface area (TPSA) is 43.4 Å². The Bertz CT molecular complexity index is 303. The molecule has 2 aliphatic heterocycles.